The van der Waals surface area contributed by atoms with Crippen LogP contribution in [0.3, 0.4) is 0 Å². The van der Waals surface area contributed by atoms with Crippen molar-refractivity contribution in [2.45, 2.75) is 59.0 Å². The van der Waals surface area contributed by atoms with Gasteiger partial charge in [0.25, 0.3) is 0 Å². The number of aliphatic hydroxyl groups excluding tert-OH is 1. The number of hydrogen-bond acceptors (Lipinski definition) is 2. The van der Waals surface area contributed by atoms with Crippen molar-refractivity contribution in [1.82, 2.24) is 4.90 Å². The fourth-order valence-corrected chi connectivity index (χ4v) is 2.44. The van der Waals surface area contributed by atoms with Gasteiger partial charge in [-0.3, -0.25) is 0 Å². The van der Waals surface area contributed by atoms with Crippen molar-refractivity contribution >= 4 is 0 Å². The summed E-state index contributed by atoms with van der Waals surface area (Å²) in [6, 6.07) is 0. The highest BCUT2D eigenvalue weighted by atomic mass is 16.3. The highest BCUT2D eigenvalue weighted by molar-refractivity contribution is 4.92. The van der Waals surface area contributed by atoms with E-state index in [0.717, 1.165) is 31.8 Å². The van der Waals surface area contributed by atoms with Crippen LogP contribution in [0, 0.1) is 5.92 Å². The van der Waals surface area contributed by atoms with E-state index in [9.17, 15) is 5.11 Å². The minimum atomic E-state index is -0.0790. The second-order valence-electron chi connectivity index (χ2n) is 5.85. The van der Waals surface area contributed by atoms with Crippen LogP contribution in [0.1, 0.15) is 52.9 Å². The van der Waals surface area contributed by atoms with Gasteiger partial charge in [-0.15, -0.1) is 0 Å². The first-order valence-electron chi connectivity index (χ1n) is 7.11. The molecular formula is C15H29NO. The van der Waals surface area contributed by atoms with Gasteiger partial charge in [0.05, 0.1) is 6.10 Å². The van der Waals surface area contributed by atoms with E-state index < -0.39 is 0 Å². The summed E-state index contributed by atoms with van der Waals surface area (Å²) >= 11 is 0. The zero-order valence-electron chi connectivity index (χ0n) is 11.8. The van der Waals surface area contributed by atoms with Crippen LogP contribution in [0.2, 0.25) is 0 Å². The Hall–Kier alpha value is -0.340. The normalized spacial score (nSPS) is 23.4. The second-order valence-corrected chi connectivity index (χ2v) is 5.85. The van der Waals surface area contributed by atoms with Gasteiger partial charge < -0.3 is 10.0 Å². The summed E-state index contributed by atoms with van der Waals surface area (Å²) in [7, 11) is 0. The fourth-order valence-electron chi connectivity index (χ4n) is 2.44. The third-order valence-electron chi connectivity index (χ3n) is 3.63. The third kappa shape index (κ3) is 6.85. The van der Waals surface area contributed by atoms with E-state index in [4.69, 9.17) is 0 Å². The summed E-state index contributed by atoms with van der Waals surface area (Å²) in [6.45, 7) is 9.91. The molecule has 1 aliphatic heterocycles. The molecule has 0 spiro atoms. The molecule has 0 radical (unpaired) electrons. The van der Waals surface area contributed by atoms with E-state index in [2.05, 4.69) is 31.7 Å². The van der Waals surface area contributed by atoms with Crippen LogP contribution in [0.15, 0.2) is 11.6 Å². The molecule has 0 bridgehead atoms. The summed E-state index contributed by atoms with van der Waals surface area (Å²) in [4.78, 5) is 2.42. The molecule has 1 saturated heterocycles. The Bertz CT molecular complexity index is 233. The lowest BCUT2D eigenvalue weighted by molar-refractivity contribution is 0.0678. The van der Waals surface area contributed by atoms with Crippen LogP contribution in [0.5, 0.6) is 0 Å². The molecule has 1 N–H and O–H groups in total. The SMILES string of the molecule is CC(C)=CCC[C@H](C)CCN1CCC[C@H](O)C1. The minimum absolute atomic E-state index is 0.0790. The number of piperidine rings is 1. The molecule has 0 aromatic heterocycles. The Morgan fingerprint density at radius 1 is 1.41 bits per heavy atom. The Morgan fingerprint density at radius 2 is 2.18 bits per heavy atom. The molecule has 1 aliphatic rings. The number of aliphatic hydroxyl groups is 1. The number of allylic oxidation sites excluding steroid dienone is 2. The molecule has 2 nitrogen and oxygen atoms in total. The van der Waals surface area contributed by atoms with Crippen molar-refractivity contribution in [2.24, 2.45) is 5.92 Å². The van der Waals surface area contributed by atoms with Crippen molar-refractivity contribution in [3.8, 4) is 0 Å². The quantitative estimate of drug-likeness (QED) is 0.719. The van der Waals surface area contributed by atoms with Crippen LogP contribution < -0.4 is 0 Å². The molecule has 1 heterocycles. The van der Waals surface area contributed by atoms with Crippen LogP contribution in [0.4, 0.5) is 0 Å². The van der Waals surface area contributed by atoms with Crippen molar-refractivity contribution < 1.29 is 5.11 Å². The molecule has 0 aromatic carbocycles. The topological polar surface area (TPSA) is 23.5 Å². The zero-order chi connectivity index (χ0) is 12.7. The predicted molar refractivity (Wildman–Crippen MR) is 74.1 cm³/mol. The molecule has 0 saturated carbocycles. The van der Waals surface area contributed by atoms with Gasteiger partial charge in [-0.2, -0.15) is 0 Å². The molecule has 17 heavy (non-hydrogen) atoms. The van der Waals surface area contributed by atoms with Crippen molar-refractivity contribution in [1.29, 1.82) is 0 Å². The second kappa shape index (κ2) is 7.88. The van der Waals surface area contributed by atoms with Gasteiger partial charge in [-0.25, -0.2) is 0 Å². The summed E-state index contributed by atoms with van der Waals surface area (Å²) in [5, 5.41) is 9.60. The predicted octanol–water partition coefficient (Wildman–Crippen LogP) is 3.22. The Kier molecular flexibility index (Phi) is 6.83. The lowest BCUT2D eigenvalue weighted by atomic mass is 10.00. The first kappa shape index (κ1) is 14.7. The van der Waals surface area contributed by atoms with Gasteiger partial charge in [0, 0.05) is 6.54 Å². The van der Waals surface area contributed by atoms with Crippen molar-refractivity contribution in [2.75, 3.05) is 19.6 Å². The maximum atomic E-state index is 9.60. The van der Waals surface area contributed by atoms with Crippen molar-refractivity contribution in [3.63, 3.8) is 0 Å². The average Bonchev–Trinajstić information content (AvgIpc) is 2.26. The molecule has 0 unspecified atom stereocenters. The van der Waals surface area contributed by atoms with Gasteiger partial charge >= 0.3 is 0 Å². The summed E-state index contributed by atoms with van der Waals surface area (Å²) in [5.41, 5.74) is 1.43. The van der Waals surface area contributed by atoms with E-state index in [0.29, 0.717) is 0 Å². The largest absolute Gasteiger partial charge is 0.392 e. The van der Waals surface area contributed by atoms with Gasteiger partial charge in [0.1, 0.15) is 0 Å². The molecule has 2 heteroatoms. The number of likely N-dealkylation sites (tertiary alicyclic amines) is 1. The fraction of sp³-hybridized carbons (Fsp3) is 0.867. The maximum absolute atomic E-state index is 9.60. The lowest BCUT2D eigenvalue weighted by Crippen LogP contribution is -2.39. The molecule has 100 valence electrons. The van der Waals surface area contributed by atoms with Crippen LogP contribution in [0.25, 0.3) is 0 Å². The standard InChI is InChI=1S/C15H29NO/c1-13(2)6-4-7-14(3)9-11-16-10-5-8-15(17)12-16/h6,14-15,17H,4-5,7-12H2,1-3H3/t14-,15-/m0/s1. The molecule has 2 atom stereocenters. The first-order chi connectivity index (χ1) is 8.08. The first-order valence-corrected chi connectivity index (χ1v) is 7.11. The monoisotopic (exact) mass is 239 g/mol. The summed E-state index contributed by atoms with van der Waals surface area (Å²) < 4.78 is 0. The number of rotatable bonds is 6. The number of hydrogen-bond donors (Lipinski definition) is 1. The number of nitrogens with zero attached hydrogens (tertiary/aromatic N) is 1. The molecule has 0 aliphatic carbocycles. The molecular weight excluding hydrogens is 210 g/mol. The molecule has 0 amide bonds. The average molecular weight is 239 g/mol. The lowest BCUT2D eigenvalue weighted by Gasteiger charge is -2.30. The highest BCUT2D eigenvalue weighted by Gasteiger charge is 2.17. The summed E-state index contributed by atoms with van der Waals surface area (Å²) in [5.74, 6) is 0.796. The Balaban J connectivity index is 2.10. The molecule has 1 rings (SSSR count). The highest BCUT2D eigenvalue weighted by Crippen LogP contribution is 2.15. The zero-order valence-corrected chi connectivity index (χ0v) is 11.8. The van der Waals surface area contributed by atoms with Gasteiger partial charge in [0.15, 0.2) is 0 Å². The Morgan fingerprint density at radius 3 is 2.82 bits per heavy atom. The van der Waals surface area contributed by atoms with Crippen LogP contribution in [-0.2, 0) is 0 Å². The van der Waals surface area contributed by atoms with Gasteiger partial charge in [0.2, 0.25) is 0 Å². The van der Waals surface area contributed by atoms with Gasteiger partial charge in [-0.1, -0.05) is 18.6 Å². The van der Waals surface area contributed by atoms with Crippen molar-refractivity contribution in [3.05, 3.63) is 11.6 Å². The maximum Gasteiger partial charge on any atom is 0.0667 e. The third-order valence-corrected chi connectivity index (χ3v) is 3.63. The van der Waals surface area contributed by atoms with E-state index in [1.807, 2.05) is 0 Å². The smallest absolute Gasteiger partial charge is 0.0667 e. The Labute approximate surface area is 107 Å². The van der Waals surface area contributed by atoms with E-state index in [-0.39, 0.29) is 6.10 Å². The molecule has 1 fully saturated rings. The van der Waals surface area contributed by atoms with E-state index in [1.54, 1.807) is 0 Å². The van der Waals surface area contributed by atoms with Crippen LogP contribution in [-0.4, -0.2) is 35.7 Å². The molecule has 0 aromatic rings. The van der Waals surface area contributed by atoms with Gasteiger partial charge in [-0.05, 0) is 65.0 Å². The number of β-amino-alcohol motifs (C(OH)–C–C–N with tert-alkyl or cyclic N) is 1. The van der Waals surface area contributed by atoms with E-state index in [1.165, 1.54) is 31.4 Å². The van der Waals surface area contributed by atoms with Crippen LogP contribution >= 0.6 is 0 Å². The summed E-state index contributed by atoms with van der Waals surface area (Å²) in [6.07, 6.45) is 8.18. The van der Waals surface area contributed by atoms with E-state index >= 15 is 0 Å². The minimum Gasteiger partial charge on any atom is -0.392 e.